The number of aromatic nitrogens is 1. The topological polar surface area (TPSA) is 76.1 Å². The first kappa shape index (κ1) is 14.2. The number of hydrogen-bond acceptors (Lipinski definition) is 5. The molecule has 0 radical (unpaired) electrons. The van der Waals surface area contributed by atoms with Crippen molar-refractivity contribution in [3.63, 3.8) is 0 Å². The first-order valence-corrected chi connectivity index (χ1v) is 6.87. The monoisotopic (exact) mass is 310 g/mol. The lowest BCUT2D eigenvalue weighted by Crippen LogP contribution is -2.33. The molecule has 5 nitrogen and oxygen atoms in total. The molecule has 1 amide bonds. The zero-order chi connectivity index (χ0) is 15.7. The van der Waals surface area contributed by atoms with Gasteiger partial charge in [-0.3, -0.25) is 19.4 Å². The van der Waals surface area contributed by atoms with E-state index in [2.05, 4.69) is 22.9 Å². The van der Waals surface area contributed by atoms with Gasteiger partial charge in [0.1, 0.15) is 5.70 Å². The number of nitrogens with one attached hydrogen (secondary N) is 1. The average Bonchev–Trinajstić information content (AvgIpc) is 2.57. The maximum atomic E-state index is 12.5. The van der Waals surface area contributed by atoms with Crippen LogP contribution in [0.3, 0.4) is 0 Å². The second kappa shape index (κ2) is 5.57. The molecule has 108 valence electrons. The van der Waals surface area contributed by atoms with Gasteiger partial charge in [0.05, 0.1) is 10.5 Å². The predicted molar refractivity (Wildman–Crippen MR) is 82.8 cm³/mol. The van der Waals surface area contributed by atoms with Gasteiger partial charge in [-0.2, -0.15) is 0 Å². The van der Waals surface area contributed by atoms with Crippen molar-refractivity contribution in [2.45, 2.75) is 0 Å². The second-order valence-electron chi connectivity index (χ2n) is 4.62. The molecular formula is C16H10N2O3S. The Labute approximate surface area is 131 Å². The van der Waals surface area contributed by atoms with Gasteiger partial charge in [0, 0.05) is 23.5 Å². The fraction of sp³-hybridized carbons (Fsp3) is 0. The molecule has 1 aliphatic carbocycles. The van der Waals surface area contributed by atoms with Gasteiger partial charge in [-0.1, -0.05) is 24.3 Å². The van der Waals surface area contributed by atoms with E-state index in [1.54, 1.807) is 36.4 Å². The number of amides is 1. The first-order valence-electron chi connectivity index (χ1n) is 6.42. The largest absolute Gasteiger partial charge is 0.318 e. The number of ketones is 2. The van der Waals surface area contributed by atoms with Gasteiger partial charge in [0.25, 0.3) is 5.91 Å². The van der Waals surface area contributed by atoms with Gasteiger partial charge in [-0.05, 0) is 12.1 Å². The molecule has 1 aromatic heterocycles. The highest BCUT2D eigenvalue weighted by Crippen LogP contribution is 2.27. The standard InChI is InChI=1S/C16H10N2O3S/c19-13-10-5-1-2-6-11(10)14(20)15(22)12(13)18-16(21)9-4-3-7-17-8-9/h1-8,22H,(H,18,21). The van der Waals surface area contributed by atoms with Crippen LogP contribution in [0.4, 0.5) is 0 Å². The average molecular weight is 310 g/mol. The summed E-state index contributed by atoms with van der Waals surface area (Å²) in [5, 5.41) is 2.46. The molecule has 3 rings (SSSR count). The summed E-state index contributed by atoms with van der Waals surface area (Å²) in [5.41, 5.74) is 0.722. The lowest BCUT2D eigenvalue weighted by atomic mass is 9.92. The Bertz CT molecular complexity index is 828. The van der Waals surface area contributed by atoms with E-state index in [1.165, 1.54) is 12.4 Å². The molecule has 1 aromatic carbocycles. The van der Waals surface area contributed by atoms with E-state index >= 15 is 0 Å². The third kappa shape index (κ3) is 2.33. The number of thiol groups is 1. The van der Waals surface area contributed by atoms with Crippen molar-refractivity contribution >= 4 is 30.1 Å². The van der Waals surface area contributed by atoms with Crippen molar-refractivity contribution < 1.29 is 14.4 Å². The Kier molecular flexibility index (Phi) is 3.60. The van der Waals surface area contributed by atoms with Crippen LogP contribution in [0.1, 0.15) is 31.1 Å². The minimum absolute atomic E-state index is 0.0686. The van der Waals surface area contributed by atoms with E-state index in [0.717, 1.165) is 0 Å². The molecule has 2 aromatic rings. The van der Waals surface area contributed by atoms with Gasteiger partial charge < -0.3 is 5.32 Å². The zero-order valence-corrected chi connectivity index (χ0v) is 12.1. The van der Waals surface area contributed by atoms with Crippen LogP contribution in [0.25, 0.3) is 0 Å². The highest BCUT2D eigenvalue weighted by atomic mass is 32.1. The van der Waals surface area contributed by atoms with Crippen molar-refractivity contribution in [3.05, 3.63) is 76.1 Å². The van der Waals surface area contributed by atoms with Crippen molar-refractivity contribution in [3.8, 4) is 0 Å². The van der Waals surface area contributed by atoms with Crippen molar-refractivity contribution in [1.29, 1.82) is 0 Å². The van der Waals surface area contributed by atoms with Crippen LogP contribution in [0.2, 0.25) is 0 Å². The lowest BCUT2D eigenvalue weighted by Gasteiger charge is -2.18. The van der Waals surface area contributed by atoms with E-state index in [9.17, 15) is 14.4 Å². The molecule has 1 aliphatic rings. The number of pyridine rings is 1. The lowest BCUT2D eigenvalue weighted by molar-refractivity contribution is 0.0923. The normalized spacial score (nSPS) is 13.9. The summed E-state index contributed by atoms with van der Waals surface area (Å²) >= 11 is 4.10. The fourth-order valence-electron chi connectivity index (χ4n) is 2.16. The Hall–Kier alpha value is -2.73. The zero-order valence-electron chi connectivity index (χ0n) is 11.2. The van der Waals surface area contributed by atoms with Crippen LogP contribution in [-0.4, -0.2) is 22.5 Å². The molecule has 0 saturated carbocycles. The Morgan fingerprint density at radius 3 is 2.32 bits per heavy atom. The van der Waals surface area contributed by atoms with Gasteiger partial charge in [0.2, 0.25) is 11.6 Å². The maximum absolute atomic E-state index is 12.5. The number of nitrogens with zero attached hydrogens (tertiary/aromatic N) is 1. The number of carbonyl (C=O) groups excluding carboxylic acids is 3. The Morgan fingerprint density at radius 1 is 1.00 bits per heavy atom. The number of carbonyl (C=O) groups is 3. The quantitative estimate of drug-likeness (QED) is 0.832. The first-order chi connectivity index (χ1) is 10.6. The summed E-state index contributed by atoms with van der Waals surface area (Å²) in [6.07, 6.45) is 2.91. The third-order valence-corrected chi connectivity index (χ3v) is 3.68. The number of fused-ring (bicyclic) bond motifs is 1. The summed E-state index contributed by atoms with van der Waals surface area (Å²) in [5.74, 6) is -1.34. The molecule has 0 saturated heterocycles. The molecule has 0 aliphatic heterocycles. The maximum Gasteiger partial charge on any atom is 0.257 e. The molecule has 0 fully saturated rings. The highest BCUT2D eigenvalue weighted by molar-refractivity contribution is 7.85. The van der Waals surface area contributed by atoms with Crippen LogP contribution in [-0.2, 0) is 0 Å². The number of Topliss-reactive ketones (excluding diaryl/α,β-unsaturated/α-hetero) is 2. The van der Waals surface area contributed by atoms with E-state index in [-0.39, 0.29) is 33.1 Å². The molecule has 0 bridgehead atoms. The van der Waals surface area contributed by atoms with Crippen LogP contribution >= 0.6 is 12.6 Å². The number of rotatable bonds is 2. The van der Waals surface area contributed by atoms with Crippen molar-refractivity contribution in [1.82, 2.24) is 10.3 Å². The Morgan fingerprint density at radius 2 is 1.68 bits per heavy atom. The van der Waals surface area contributed by atoms with Gasteiger partial charge in [-0.25, -0.2) is 0 Å². The smallest absolute Gasteiger partial charge is 0.257 e. The predicted octanol–water partition coefficient (Wildman–Crippen LogP) is 2.03. The van der Waals surface area contributed by atoms with Crippen LogP contribution in [0, 0.1) is 0 Å². The highest BCUT2D eigenvalue weighted by Gasteiger charge is 2.31. The minimum atomic E-state index is -0.518. The van der Waals surface area contributed by atoms with Crippen molar-refractivity contribution in [2.75, 3.05) is 0 Å². The molecule has 1 N–H and O–H groups in total. The molecule has 6 heteroatoms. The number of benzene rings is 1. The number of hydrogen-bond donors (Lipinski definition) is 2. The van der Waals surface area contributed by atoms with Crippen molar-refractivity contribution in [2.24, 2.45) is 0 Å². The van der Waals surface area contributed by atoms with E-state index in [0.29, 0.717) is 0 Å². The van der Waals surface area contributed by atoms with Gasteiger partial charge in [0.15, 0.2) is 0 Å². The molecule has 0 unspecified atom stereocenters. The SMILES string of the molecule is O=C(NC1=C(S)C(=O)c2ccccc2C1=O)c1cccnc1. The fourth-order valence-corrected chi connectivity index (χ4v) is 2.44. The van der Waals surface area contributed by atoms with E-state index in [1.807, 2.05) is 0 Å². The van der Waals surface area contributed by atoms with Gasteiger partial charge >= 0.3 is 0 Å². The van der Waals surface area contributed by atoms with Crippen LogP contribution in [0.5, 0.6) is 0 Å². The summed E-state index contributed by atoms with van der Waals surface area (Å²) in [4.78, 5) is 40.6. The minimum Gasteiger partial charge on any atom is -0.318 e. The summed E-state index contributed by atoms with van der Waals surface area (Å²) in [6.45, 7) is 0. The number of allylic oxidation sites excluding steroid dienone is 2. The summed E-state index contributed by atoms with van der Waals surface area (Å²) in [6, 6.07) is 9.61. The van der Waals surface area contributed by atoms with Crippen LogP contribution < -0.4 is 5.32 Å². The molecule has 0 atom stereocenters. The molecule has 22 heavy (non-hydrogen) atoms. The molecular weight excluding hydrogens is 300 g/mol. The second-order valence-corrected chi connectivity index (χ2v) is 5.07. The summed E-state index contributed by atoms with van der Waals surface area (Å²) < 4.78 is 0. The van der Waals surface area contributed by atoms with Crippen LogP contribution in [0.15, 0.2) is 59.4 Å². The Balaban J connectivity index is 1.98. The summed E-state index contributed by atoms with van der Waals surface area (Å²) in [7, 11) is 0. The third-order valence-electron chi connectivity index (χ3n) is 3.26. The van der Waals surface area contributed by atoms with E-state index in [4.69, 9.17) is 0 Å². The molecule has 1 heterocycles. The molecule has 0 spiro atoms. The van der Waals surface area contributed by atoms with Gasteiger partial charge in [-0.15, -0.1) is 12.6 Å². The van der Waals surface area contributed by atoms with E-state index < -0.39 is 11.7 Å².